The molecule has 0 aliphatic heterocycles. The monoisotopic (exact) mass is 270 g/mol. The van der Waals surface area contributed by atoms with Crippen LogP contribution < -0.4 is 11.1 Å². The molecule has 0 fully saturated rings. The van der Waals surface area contributed by atoms with Gasteiger partial charge in [-0.1, -0.05) is 24.3 Å². The quantitative estimate of drug-likeness (QED) is 0.663. The van der Waals surface area contributed by atoms with Gasteiger partial charge in [-0.3, -0.25) is 4.79 Å². The highest BCUT2D eigenvalue weighted by molar-refractivity contribution is 6.02. The van der Waals surface area contributed by atoms with Gasteiger partial charge in [0.15, 0.2) is 0 Å². The standard InChI is InChI=1S/C16H15FN2O/c1-11-4-2-7-14(17)16(11)19-15(20)9-8-12-5-3-6-13(18)10-12/h2-10H,18H2,1H3,(H,19,20)/b9-8+. The summed E-state index contributed by atoms with van der Waals surface area (Å²) in [5, 5.41) is 2.53. The number of para-hydroxylation sites is 1. The van der Waals surface area contributed by atoms with Gasteiger partial charge in [0.2, 0.25) is 5.91 Å². The predicted octanol–water partition coefficient (Wildman–Crippen LogP) is 3.37. The number of hydrogen-bond donors (Lipinski definition) is 2. The summed E-state index contributed by atoms with van der Waals surface area (Å²) in [5.74, 6) is -0.837. The van der Waals surface area contributed by atoms with E-state index >= 15 is 0 Å². The average Bonchev–Trinajstić information content (AvgIpc) is 2.41. The molecule has 3 nitrogen and oxygen atoms in total. The maximum Gasteiger partial charge on any atom is 0.248 e. The average molecular weight is 270 g/mol. The first-order chi connectivity index (χ1) is 9.56. The number of aryl methyl sites for hydroxylation is 1. The lowest BCUT2D eigenvalue weighted by Gasteiger charge is -2.07. The van der Waals surface area contributed by atoms with Crippen LogP contribution in [0.5, 0.6) is 0 Å². The van der Waals surface area contributed by atoms with Gasteiger partial charge in [-0.15, -0.1) is 0 Å². The third-order valence-corrected chi connectivity index (χ3v) is 2.81. The molecule has 102 valence electrons. The lowest BCUT2D eigenvalue weighted by Crippen LogP contribution is -2.10. The summed E-state index contributed by atoms with van der Waals surface area (Å²) in [5.41, 5.74) is 7.96. The zero-order chi connectivity index (χ0) is 14.5. The molecule has 0 bridgehead atoms. The second kappa shape index (κ2) is 6.02. The molecule has 2 aromatic carbocycles. The van der Waals surface area contributed by atoms with E-state index in [9.17, 15) is 9.18 Å². The Hall–Kier alpha value is -2.62. The molecule has 3 N–H and O–H groups in total. The maximum absolute atomic E-state index is 13.6. The molecule has 0 unspecified atom stereocenters. The van der Waals surface area contributed by atoms with E-state index in [0.717, 1.165) is 5.56 Å². The molecule has 0 aliphatic rings. The predicted molar refractivity (Wildman–Crippen MR) is 79.7 cm³/mol. The van der Waals surface area contributed by atoms with Crippen LogP contribution >= 0.6 is 0 Å². The molecule has 0 heterocycles. The molecule has 0 aromatic heterocycles. The first kappa shape index (κ1) is 13.8. The van der Waals surface area contributed by atoms with Gasteiger partial charge >= 0.3 is 0 Å². The zero-order valence-electron chi connectivity index (χ0n) is 11.1. The molecule has 0 saturated heterocycles. The first-order valence-corrected chi connectivity index (χ1v) is 6.16. The molecule has 0 radical (unpaired) electrons. The van der Waals surface area contributed by atoms with Gasteiger partial charge in [-0.25, -0.2) is 4.39 Å². The van der Waals surface area contributed by atoms with Crippen molar-refractivity contribution >= 4 is 23.4 Å². The smallest absolute Gasteiger partial charge is 0.248 e. The van der Waals surface area contributed by atoms with Crippen molar-refractivity contribution in [3.05, 3.63) is 65.5 Å². The van der Waals surface area contributed by atoms with Crippen molar-refractivity contribution in [1.82, 2.24) is 0 Å². The van der Waals surface area contributed by atoms with Crippen LogP contribution in [-0.2, 0) is 4.79 Å². The Bertz CT molecular complexity index is 645. The van der Waals surface area contributed by atoms with Crippen molar-refractivity contribution in [2.75, 3.05) is 11.1 Å². The summed E-state index contributed by atoms with van der Waals surface area (Å²) in [7, 11) is 0. The van der Waals surface area contributed by atoms with Crippen molar-refractivity contribution in [2.45, 2.75) is 6.92 Å². The first-order valence-electron chi connectivity index (χ1n) is 6.16. The third kappa shape index (κ3) is 3.45. The van der Waals surface area contributed by atoms with E-state index in [1.807, 2.05) is 6.07 Å². The SMILES string of the molecule is Cc1cccc(F)c1NC(=O)/C=C/c1cccc(N)c1. The van der Waals surface area contributed by atoms with E-state index in [2.05, 4.69) is 5.32 Å². The number of benzene rings is 2. The molecule has 20 heavy (non-hydrogen) atoms. The highest BCUT2D eigenvalue weighted by Gasteiger charge is 2.06. The Morgan fingerprint density at radius 3 is 2.70 bits per heavy atom. The van der Waals surface area contributed by atoms with E-state index in [4.69, 9.17) is 5.73 Å². The fraction of sp³-hybridized carbons (Fsp3) is 0.0625. The lowest BCUT2D eigenvalue weighted by atomic mass is 10.1. The number of rotatable bonds is 3. The second-order valence-electron chi connectivity index (χ2n) is 4.42. The summed E-state index contributed by atoms with van der Waals surface area (Å²) in [4.78, 5) is 11.8. The van der Waals surface area contributed by atoms with Gasteiger partial charge in [-0.2, -0.15) is 0 Å². The third-order valence-electron chi connectivity index (χ3n) is 2.81. The Labute approximate surface area is 116 Å². The minimum absolute atomic E-state index is 0.203. The second-order valence-corrected chi connectivity index (χ2v) is 4.42. The Morgan fingerprint density at radius 2 is 2.00 bits per heavy atom. The molecule has 0 atom stereocenters. The number of carbonyl (C=O) groups excluding carboxylic acids is 1. The van der Waals surface area contributed by atoms with Crippen LogP contribution in [0.1, 0.15) is 11.1 Å². The van der Waals surface area contributed by atoms with Gasteiger partial charge in [0.05, 0.1) is 5.69 Å². The van der Waals surface area contributed by atoms with E-state index < -0.39 is 5.82 Å². The van der Waals surface area contributed by atoms with Crippen molar-refractivity contribution in [1.29, 1.82) is 0 Å². The van der Waals surface area contributed by atoms with Crippen molar-refractivity contribution in [3.8, 4) is 0 Å². The van der Waals surface area contributed by atoms with Gasteiger partial charge in [0, 0.05) is 11.8 Å². The van der Waals surface area contributed by atoms with Crippen molar-refractivity contribution in [3.63, 3.8) is 0 Å². The number of amides is 1. The topological polar surface area (TPSA) is 55.1 Å². The summed E-state index contributed by atoms with van der Waals surface area (Å²) in [6.07, 6.45) is 2.97. The van der Waals surface area contributed by atoms with Crippen molar-refractivity contribution in [2.24, 2.45) is 0 Å². The highest BCUT2D eigenvalue weighted by atomic mass is 19.1. The fourth-order valence-electron chi connectivity index (χ4n) is 1.79. The van der Waals surface area contributed by atoms with E-state index in [-0.39, 0.29) is 11.6 Å². The Kier molecular flexibility index (Phi) is 4.15. The van der Waals surface area contributed by atoms with Gasteiger partial charge in [0.25, 0.3) is 0 Å². The molecular weight excluding hydrogens is 255 g/mol. The van der Waals surface area contributed by atoms with Crippen LogP contribution in [0.3, 0.4) is 0 Å². The molecular formula is C16H15FN2O. The van der Waals surface area contributed by atoms with Crippen LogP contribution in [0, 0.1) is 12.7 Å². The number of halogens is 1. The van der Waals surface area contributed by atoms with E-state index in [1.54, 1.807) is 43.3 Å². The van der Waals surface area contributed by atoms with Crippen molar-refractivity contribution < 1.29 is 9.18 Å². The van der Waals surface area contributed by atoms with E-state index in [0.29, 0.717) is 11.3 Å². The Balaban J connectivity index is 2.10. The number of nitrogens with two attached hydrogens (primary N) is 1. The molecule has 4 heteroatoms. The normalized spacial score (nSPS) is 10.7. The molecule has 2 aromatic rings. The maximum atomic E-state index is 13.6. The summed E-state index contributed by atoms with van der Waals surface area (Å²) in [6, 6.07) is 11.8. The van der Waals surface area contributed by atoms with Crippen LogP contribution in [0.25, 0.3) is 6.08 Å². The van der Waals surface area contributed by atoms with Gasteiger partial charge in [0.1, 0.15) is 5.82 Å². The minimum Gasteiger partial charge on any atom is -0.399 e. The van der Waals surface area contributed by atoms with Crippen LogP contribution in [0.15, 0.2) is 48.5 Å². The number of nitrogen functional groups attached to an aromatic ring is 1. The Morgan fingerprint density at radius 1 is 1.25 bits per heavy atom. The molecule has 1 amide bonds. The zero-order valence-corrected chi connectivity index (χ0v) is 11.1. The van der Waals surface area contributed by atoms with Crippen LogP contribution in [0.4, 0.5) is 15.8 Å². The molecule has 0 saturated carbocycles. The molecule has 2 rings (SSSR count). The van der Waals surface area contributed by atoms with E-state index in [1.165, 1.54) is 12.1 Å². The van der Waals surface area contributed by atoms with Gasteiger partial charge < -0.3 is 11.1 Å². The lowest BCUT2D eigenvalue weighted by molar-refractivity contribution is -0.111. The summed E-state index contributed by atoms with van der Waals surface area (Å²) >= 11 is 0. The highest BCUT2D eigenvalue weighted by Crippen LogP contribution is 2.18. The van der Waals surface area contributed by atoms with Crippen LogP contribution in [0.2, 0.25) is 0 Å². The van der Waals surface area contributed by atoms with Crippen LogP contribution in [-0.4, -0.2) is 5.91 Å². The number of carbonyl (C=O) groups is 1. The minimum atomic E-state index is -0.448. The summed E-state index contributed by atoms with van der Waals surface area (Å²) in [6.45, 7) is 1.74. The molecule has 0 aliphatic carbocycles. The number of hydrogen-bond acceptors (Lipinski definition) is 2. The largest absolute Gasteiger partial charge is 0.399 e. The number of anilines is 2. The summed E-state index contributed by atoms with van der Waals surface area (Å²) < 4.78 is 13.6. The van der Waals surface area contributed by atoms with Gasteiger partial charge in [-0.05, 0) is 42.3 Å². The molecule has 0 spiro atoms. The number of nitrogens with one attached hydrogen (secondary N) is 1. The fourth-order valence-corrected chi connectivity index (χ4v) is 1.79.